The Morgan fingerprint density at radius 1 is 1.30 bits per heavy atom. The van der Waals surface area contributed by atoms with Crippen molar-refractivity contribution in [1.82, 2.24) is 4.98 Å². The van der Waals surface area contributed by atoms with Crippen LogP contribution in [0.3, 0.4) is 0 Å². The van der Waals surface area contributed by atoms with Gasteiger partial charge in [-0.1, -0.05) is 23.2 Å². The summed E-state index contributed by atoms with van der Waals surface area (Å²) >= 11 is 12.5. The second-order valence-corrected chi connectivity index (χ2v) is 6.71. The number of esters is 1. The lowest BCUT2D eigenvalue weighted by Crippen LogP contribution is -2.08. The van der Waals surface area contributed by atoms with E-state index in [0.717, 1.165) is 0 Å². The van der Waals surface area contributed by atoms with Crippen LogP contribution in [0.15, 0.2) is 30.3 Å². The molecule has 9 heteroatoms. The van der Waals surface area contributed by atoms with Gasteiger partial charge in [0.1, 0.15) is 6.10 Å². The first kappa shape index (κ1) is 19.2. The summed E-state index contributed by atoms with van der Waals surface area (Å²) in [6.45, 7) is 1.73. The molecule has 0 bridgehead atoms. The molecule has 7 nitrogen and oxygen atoms in total. The van der Waals surface area contributed by atoms with Gasteiger partial charge in [-0.15, -0.1) is 0 Å². The molecule has 1 aromatic heterocycles. The van der Waals surface area contributed by atoms with Gasteiger partial charge < -0.3 is 14.8 Å². The third-order valence-corrected chi connectivity index (χ3v) is 5.00. The van der Waals surface area contributed by atoms with Crippen molar-refractivity contribution in [3.63, 3.8) is 0 Å². The minimum absolute atomic E-state index is 0.0248. The second-order valence-electron chi connectivity index (χ2n) is 5.92. The van der Waals surface area contributed by atoms with Crippen LogP contribution in [-0.2, 0) is 4.74 Å². The fraction of sp³-hybridized carbons (Fsp3) is 0.167. The maximum atomic E-state index is 11.8. The lowest BCUT2D eigenvalue weighted by Gasteiger charge is -2.15. The largest absolute Gasteiger partial charge is 0.465 e. The number of ether oxygens (including phenoxy) is 1. The Balaban J connectivity index is 2.14. The van der Waals surface area contributed by atoms with Crippen LogP contribution in [0.25, 0.3) is 10.9 Å². The summed E-state index contributed by atoms with van der Waals surface area (Å²) in [5, 5.41) is 22.7. The first-order chi connectivity index (χ1) is 12.7. The number of aliphatic hydroxyl groups excluding tert-OH is 1. The minimum atomic E-state index is -1.28. The summed E-state index contributed by atoms with van der Waals surface area (Å²) in [6, 6.07) is 7.34. The highest BCUT2D eigenvalue weighted by molar-refractivity contribution is 6.38. The smallest absolute Gasteiger partial charge is 0.339 e. The van der Waals surface area contributed by atoms with Gasteiger partial charge in [0, 0.05) is 33.8 Å². The number of aryl methyl sites for hydroxylation is 1. The maximum absolute atomic E-state index is 11.8. The van der Waals surface area contributed by atoms with E-state index in [4.69, 9.17) is 23.2 Å². The lowest BCUT2D eigenvalue weighted by molar-refractivity contribution is -0.384. The average Bonchev–Trinajstić information content (AvgIpc) is 3.06. The molecule has 1 atom stereocenters. The van der Waals surface area contributed by atoms with Gasteiger partial charge in [-0.25, -0.2) is 4.79 Å². The molecule has 1 heterocycles. The van der Waals surface area contributed by atoms with E-state index in [2.05, 4.69) is 9.72 Å². The molecule has 0 spiro atoms. The van der Waals surface area contributed by atoms with Crippen molar-refractivity contribution in [2.45, 2.75) is 13.0 Å². The summed E-state index contributed by atoms with van der Waals surface area (Å²) in [5.74, 6) is -0.659. The highest BCUT2D eigenvalue weighted by Crippen LogP contribution is 2.38. The molecule has 0 amide bonds. The van der Waals surface area contributed by atoms with Gasteiger partial charge >= 0.3 is 5.97 Å². The first-order valence-electron chi connectivity index (χ1n) is 7.76. The van der Waals surface area contributed by atoms with E-state index in [9.17, 15) is 20.0 Å². The van der Waals surface area contributed by atoms with Gasteiger partial charge in [0.05, 0.1) is 28.1 Å². The van der Waals surface area contributed by atoms with Crippen molar-refractivity contribution >= 4 is 45.8 Å². The molecule has 27 heavy (non-hydrogen) atoms. The van der Waals surface area contributed by atoms with Crippen LogP contribution in [0.5, 0.6) is 0 Å². The number of carbonyl (C=O) groups is 1. The standard InChI is InChI=1S/C18H14Cl2N2O5/c1-8-5-9(22(25)26)6-13-11(8)7-14(21-13)17(23)15-12(19)4-3-10(16(15)20)18(24)27-2/h3-7,17,21,23H,1-2H3. The monoisotopic (exact) mass is 408 g/mol. The van der Waals surface area contributed by atoms with Crippen molar-refractivity contribution in [2.24, 2.45) is 0 Å². The molecule has 3 rings (SSSR count). The number of carbonyl (C=O) groups excluding carboxylic acids is 1. The topological polar surface area (TPSA) is 105 Å². The van der Waals surface area contributed by atoms with E-state index in [0.29, 0.717) is 22.2 Å². The van der Waals surface area contributed by atoms with Crippen molar-refractivity contribution in [2.75, 3.05) is 7.11 Å². The number of nitro benzene ring substituents is 1. The van der Waals surface area contributed by atoms with Crippen LogP contribution < -0.4 is 0 Å². The van der Waals surface area contributed by atoms with Crippen LogP contribution in [0.1, 0.15) is 33.3 Å². The van der Waals surface area contributed by atoms with Crippen LogP contribution >= 0.6 is 23.2 Å². The molecule has 2 N–H and O–H groups in total. The highest BCUT2D eigenvalue weighted by atomic mass is 35.5. The molecule has 1 unspecified atom stereocenters. The Morgan fingerprint density at radius 2 is 2.00 bits per heavy atom. The molecule has 2 aromatic carbocycles. The number of nitro groups is 1. The van der Waals surface area contributed by atoms with Crippen molar-refractivity contribution < 1.29 is 19.6 Å². The normalized spacial score (nSPS) is 12.2. The van der Waals surface area contributed by atoms with Gasteiger partial charge in [0.25, 0.3) is 5.69 Å². The molecule has 0 aliphatic heterocycles. The summed E-state index contributed by atoms with van der Waals surface area (Å²) in [5.41, 5.74) is 1.65. The molecule has 140 valence electrons. The molecule has 0 fully saturated rings. The first-order valence-corrected chi connectivity index (χ1v) is 8.52. The van der Waals surface area contributed by atoms with Crippen LogP contribution in [0, 0.1) is 17.0 Å². The van der Waals surface area contributed by atoms with Gasteiger partial charge in [-0.05, 0) is 30.7 Å². The van der Waals surface area contributed by atoms with Crippen molar-refractivity contribution in [1.29, 1.82) is 0 Å². The Bertz CT molecular complexity index is 1080. The number of aromatic amines is 1. The Labute approximate surface area is 163 Å². The minimum Gasteiger partial charge on any atom is -0.465 e. The maximum Gasteiger partial charge on any atom is 0.339 e. The number of aromatic nitrogens is 1. The number of rotatable bonds is 4. The number of benzene rings is 2. The van der Waals surface area contributed by atoms with Crippen LogP contribution in [0.2, 0.25) is 10.0 Å². The predicted octanol–water partition coefficient (Wildman–Crippen LogP) is 4.56. The fourth-order valence-electron chi connectivity index (χ4n) is 2.92. The van der Waals surface area contributed by atoms with E-state index in [1.165, 1.54) is 31.4 Å². The Hall–Kier alpha value is -2.61. The number of nitrogens with zero attached hydrogens (tertiary/aromatic N) is 1. The van der Waals surface area contributed by atoms with Gasteiger partial charge in [-0.2, -0.15) is 0 Å². The highest BCUT2D eigenvalue weighted by Gasteiger charge is 2.25. The number of halogens is 2. The van der Waals surface area contributed by atoms with Gasteiger partial charge in [-0.3, -0.25) is 10.1 Å². The van der Waals surface area contributed by atoms with E-state index in [-0.39, 0.29) is 26.9 Å². The number of hydrogen-bond donors (Lipinski definition) is 2. The Kier molecular flexibility index (Phi) is 5.10. The van der Waals surface area contributed by atoms with Crippen LogP contribution in [0.4, 0.5) is 5.69 Å². The van der Waals surface area contributed by atoms with E-state index < -0.39 is 17.0 Å². The van der Waals surface area contributed by atoms with Crippen molar-refractivity contribution in [3.8, 4) is 0 Å². The second kappa shape index (κ2) is 7.19. The van der Waals surface area contributed by atoms with E-state index >= 15 is 0 Å². The molecular formula is C18H14Cl2N2O5. The summed E-state index contributed by atoms with van der Waals surface area (Å²) < 4.78 is 4.68. The Morgan fingerprint density at radius 3 is 2.63 bits per heavy atom. The third-order valence-electron chi connectivity index (χ3n) is 4.26. The molecule has 3 aromatic rings. The number of hydrogen-bond acceptors (Lipinski definition) is 5. The van der Waals surface area contributed by atoms with E-state index in [1.54, 1.807) is 13.0 Å². The molecule has 0 aliphatic carbocycles. The zero-order valence-electron chi connectivity index (χ0n) is 14.2. The lowest BCUT2D eigenvalue weighted by atomic mass is 10.0. The molecule has 0 saturated heterocycles. The number of methoxy groups -OCH3 is 1. The number of fused-ring (bicyclic) bond motifs is 1. The van der Waals surface area contributed by atoms with E-state index in [1.807, 2.05) is 0 Å². The van der Waals surface area contributed by atoms with Gasteiger partial charge in [0.15, 0.2) is 0 Å². The zero-order valence-corrected chi connectivity index (χ0v) is 15.8. The molecule has 0 radical (unpaired) electrons. The third kappa shape index (κ3) is 3.37. The fourth-order valence-corrected chi connectivity index (χ4v) is 3.57. The van der Waals surface area contributed by atoms with Gasteiger partial charge in [0.2, 0.25) is 0 Å². The molecule has 0 aliphatic rings. The predicted molar refractivity (Wildman–Crippen MR) is 102 cm³/mol. The number of H-pyrrole nitrogens is 1. The summed E-state index contributed by atoms with van der Waals surface area (Å²) in [7, 11) is 1.22. The number of aliphatic hydroxyl groups is 1. The zero-order chi connectivity index (χ0) is 19.9. The molecular weight excluding hydrogens is 395 g/mol. The summed E-state index contributed by atoms with van der Waals surface area (Å²) in [6.07, 6.45) is -1.28. The quantitative estimate of drug-likeness (QED) is 0.373. The SMILES string of the molecule is COC(=O)c1ccc(Cl)c(C(O)c2cc3c(C)cc([N+](=O)[O-])cc3[nH]2)c1Cl. The van der Waals surface area contributed by atoms with Crippen molar-refractivity contribution in [3.05, 3.63) is 72.9 Å². The number of nitrogens with one attached hydrogen (secondary N) is 1. The average molecular weight is 409 g/mol. The molecule has 0 saturated carbocycles. The number of non-ortho nitro benzene ring substituents is 1. The summed E-state index contributed by atoms with van der Waals surface area (Å²) in [4.78, 5) is 25.4. The van der Waals surface area contributed by atoms with Crippen LogP contribution in [-0.4, -0.2) is 28.1 Å².